The van der Waals surface area contributed by atoms with Crippen LogP contribution in [0.2, 0.25) is 5.02 Å². The number of rotatable bonds is 6. The lowest BCUT2D eigenvalue weighted by Gasteiger charge is -2.27. The van der Waals surface area contributed by atoms with Crippen LogP contribution in [-0.2, 0) is 4.79 Å². The Hall–Kier alpha value is -3.19. The van der Waals surface area contributed by atoms with E-state index in [4.69, 9.17) is 17.3 Å². The molecule has 0 unspecified atom stereocenters. The molecule has 31 heavy (non-hydrogen) atoms. The lowest BCUT2D eigenvalue weighted by molar-refractivity contribution is -0.122. The Morgan fingerprint density at radius 2 is 1.74 bits per heavy atom. The summed E-state index contributed by atoms with van der Waals surface area (Å²) < 4.78 is 13.5. The molecule has 2 amide bonds. The molecule has 2 aromatic rings. The van der Waals surface area contributed by atoms with Crippen molar-refractivity contribution in [2.45, 2.75) is 31.7 Å². The van der Waals surface area contributed by atoms with Crippen molar-refractivity contribution < 1.29 is 14.0 Å². The predicted molar refractivity (Wildman–Crippen MR) is 120 cm³/mol. The number of carbonyl (C=O) groups excluding carboxylic acids is 2. The van der Waals surface area contributed by atoms with Crippen LogP contribution < -0.4 is 16.4 Å². The minimum absolute atomic E-state index is 0.0124. The van der Waals surface area contributed by atoms with Gasteiger partial charge in [-0.2, -0.15) is 4.99 Å². The molecule has 0 saturated heterocycles. The van der Waals surface area contributed by atoms with Gasteiger partial charge in [0.1, 0.15) is 11.7 Å². The molecule has 0 spiro atoms. The van der Waals surface area contributed by atoms with Crippen molar-refractivity contribution in [3.8, 4) is 0 Å². The van der Waals surface area contributed by atoms with Crippen LogP contribution in [0.25, 0.3) is 0 Å². The van der Waals surface area contributed by atoms with Gasteiger partial charge >= 0.3 is 0 Å². The standard InChI is InChI=1S/C23H24ClFN4O2/c24-17-9-5-15(6-10-17)22(30)28-18-11-7-16(8-12-18)23(31)29-21(26)13-14-27-20-4-2-1-3-19(20)25/h1-6,9-10,13-14,16,18,27H,7-8,11-12H2,(H,28,30)(H2,26,29,31). The van der Waals surface area contributed by atoms with E-state index in [-0.39, 0.29) is 29.6 Å². The molecule has 6 nitrogen and oxygen atoms in total. The van der Waals surface area contributed by atoms with E-state index >= 15 is 0 Å². The van der Waals surface area contributed by atoms with Crippen LogP contribution >= 0.6 is 11.6 Å². The lowest BCUT2D eigenvalue weighted by atomic mass is 9.85. The zero-order chi connectivity index (χ0) is 22.2. The molecule has 8 heteroatoms. The van der Waals surface area contributed by atoms with Gasteiger partial charge in [-0.15, -0.1) is 0 Å². The zero-order valence-corrected chi connectivity index (χ0v) is 17.6. The summed E-state index contributed by atoms with van der Waals surface area (Å²) in [5, 5.41) is 6.34. The van der Waals surface area contributed by atoms with E-state index in [0.717, 1.165) is 0 Å². The minimum Gasteiger partial charge on any atom is -0.384 e. The molecule has 1 saturated carbocycles. The summed E-state index contributed by atoms with van der Waals surface area (Å²) in [4.78, 5) is 28.6. The topological polar surface area (TPSA) is 96.6 Å². The molecule has 162 valence electrons. The average Bonchev–Trinajstić information content (AvgIpc) is 2.76. The molecular weight excluding hydrogens is 419 g/mol. The number of nitrogens with zero attached hydrogens (tertiary/aromatic N) is 1. The van der Waals surface area contributed by atoms with E-state index in [0.29, 0.717) is 42.0 Å². The van der Waals surface area contributed by atoms with E-state index in [2.05, 4.69) is 15.6 Å². The van der Waals surface area contributed by atoms with Crippen molar-refractivity contribution in [2.24, 2.45) is 16.6 Å². The zero-order valence-electron chi connectivity index (χ0n) is 16.9. The number of aliphatic imine (C=N–C) groups is 1. The van der Waals surface area contributed by atoms with E-state index in [1.165, 1.54) is 18.3 Å². The Kier molecular flexibility index (Phi) is 7.78. The van der Waals surface area contributed by atoms with Crippen molar-refractivity contribution in [3.05, 3.63) is 77.2 Å². The fourth-order valence-corrected chi connectivity index (χ4v) is 3.53. The number of amidine groups is 1. The summed E-state index contributed by atoms with van der Waals surface area (Å²) in [7, 11) is 0. The second kappa shape index (κ2) is 10.7. The molecule has 0 aliphatic heterocycles. The highest BCUT2D eigenvalue weighted by Gasteiger charge is 2.27. The van der Waals surface area contributed by atoms with Crippen LogP contribution in [0, 0.1) is 11.7 Å². The number of halogens is 2. The lowest BCUT2D eigenvalue weighted by Crippen LogP contribution is -2.38. The highest BCUT2D eigenvalue weighted by Crippen LogP contribution is 2.26. The number of hydrogen-bond donors (Lipinski definition) is 3. The molecule has 1 fully saturated rings. The van der Waals surface area contributed by atoms with Gasteiger partial charge in [-0.3, -0.25) is 9.59 Å². The Bertz CT molecular complexity index is 983. The van der Waals surface area contributed by atoms with E-state index < -0.39 is 5.82 Å². The van der Waals surface area contributed by atoms with Gasteiger partial charge in [0.25, 0.3) is 11.8 Å². The van der Waals surface area contributed by atoms with Crippen LogP contribution in [-0.4, -0.2) is 23.7 Å². The first-order chi connectivity index (χ1) is 14.9. The quantitative estimate of drug-likeness (QED) is 0.459. The van der Waals surface area contributed by atoms with Crippen LogP contribution in [0.5, 0.6) is 0 Å². The molecule has 0 bridgehead atoms. The maximum absolute atomic E-state index is 13.5. The molecule has 3 rings (SSSR count). The fraction of sp³-hybridized carbons (Fsp3) is 0.261. The first kappa shape index (κ1) is 22.5. The molecule has 1 aliphatic rings. The van der Waals surface area contributed by atoms with Gasteiger partial charge in [-0.1, -0.05) is 23.7 Å². The van der Waals surface area contributed by atoms with Gasteiger partial charge in [0.2, 0.25) is 0 Å². The molecule has 1 aliphatic carbocycles. The number of anilines is 1. The van der Waals surface area contributed by atoms with E-state index in [1.54, 1.807) is 42.5 Å². The second-order valence-electron chi connectivity index (χ2n) is 7.36. The highest BCUT2D eigenvalue weighted by atomic mass is 35.5. The number of nitrogens with two attached hydrogens (primary N) is 1. The first-order valence-electron chi connectivity index (χ1n) is 10.0. The van der Waals surface area contributed by atoms with Crippen molar-refractivity contribution in [3.63, 3.8) is 0 Å². The SMILES string of the molecule is NC(C=CNc1ccccc1F)=NC(=O)C1CCC(NC(=O)c2ccc(Cl)cc2)CC1. The van der Waals surface area contributed by atoms with Gasteiger partial charge < -0.3 is 16.4 Å². The van der Waals surface area contributed by atoms with Crippen molar-refractivity contribution in [1.82, 2.24) is 5.32 Å². The number of nitrogens with one attached hydrogen (secondary N) is 2. The third kappa shape index (κ3) is 6.65. The van der Waals surface area contributed by atoms with Gasteiger partial charge in [0.15, 0.2) is 0 Å². The summed E-state index contributed by atoms with van der Waals surface area (Å²) in [5.74, 6) is -1.00. The molecule has 0 atom stereocenters. The Labute approximate surface area is 185 Å². The monoisotopic (exact) mass is 442 g/mol. The van der Waals surface area contributed by atoms with Gasteiger partial charge in [-0.05, 0) is 68.2 Å². The third-order valence-corrected chi connectivity index (χ3v) is 5.38. The fourth-order valence-electron chi connectivity index (χ4n) is 3.41. The van der Waals surface area contributed by atoms with E-state index in [1.807, 2.05) is 0 Å². The third-order valence-electron chi connectivity index (χ3n) is 5.12. The van der Waals surface area contributed by atoms with Crippen LogP contribution in [0.1, 0.15) is 36.0 Å². The normalized spacial score (nSPS) is 19.2. The summed E-state index contributed by atoms with van der Waals surface area (Å²) in [6.07, 6.45) is 5.48. The van der Waals surface area contributed by atoms with Crippen molar-refractivity contribution in [2.75, 3.05) is 5.32 Å². The maximum Gasteiger partial charge on any atom is 0.251 e. The first-order valence-corrected chi connectivity index (χ1v) is 10.4. The van der Waals surface area contributed by atoms with Crippen molar-refractivity contribution in [1.29, 1.82) is 0 Å². The number of carbonyl (C=O) groups is 2. The number of benzene rings is 2. The molecule has 0 radical (unpaired) electrons. The second-order valence-corrected chi connectivity index (χ2v) is 7.80. The van der Waals surface area contributed by atoms with Gasteiger partial charge in [0, 0.05) is 28.7 Å². The van der Waals surface area contributed by atoms with Crippen LogP contribution in [0.15, 0.2) is 65.8 Å². The average molecular weight is 443 g/mol. The van der Waals surface area contributed by atoms with Gasteiger partial charge in [0.05, 0.1) is 5.69 Å². The Morgan fingerprint density at radius 1 is 1.06 bits per heavy atom. The molecule has 4 N–H and O–H groups in total. The van der Waals surface area contributed by atoms with Crippen LogP contribution in [0.4, 0.5) is 10.1 Å². The maximum atomic E-state index is 13.5. The number of amides is 2. The van der Waals surface area contributed by atoms with Crippen molar-refractivity contribution >= 4 is 34.9 Å². The smallest absolute Gasteiger partial charge is 0.251 e. The Morgan fingerprint density at radius 3 is 2.42 bits per heavy atom. The predicted octanol–water partition coefficient (Wildman–Crippen LogP) is 4.28. The summed E-state index contributed by atoms with van der Waals surface area (Å²) in [6, 6.07) is 12.9. The molecule has 2 aromatic carbocycles. The molecular formula is C23H24ClFN4O2. The Balaban J connectivity index is 1.45. The number of hydrogen-bond acceptors (Lipinski definition) is 3. The largest absolute Gasteiger partial charge is 0.384 e. The molecule has 0 heterocycles. The van der Waals surface area contributed by atoms with Gasteiger partial charge in [-0.25, -0.2) is 4.39 Å². The summed E-state index contributed by atoms with van der Waals surface area (Å²) in [5.41, 5.74) is 6.65. The number of para-hydroxylation sites is 1. The minimum atomic E-state index is -0.390. The van der Waals surface area contributed by atoms with Crippen LogP contribution in [0.3, 0.4) is 0 Å². The van der Waals surface area contributed by atoms with E-state index in [9.17, 15) is 14.0 Å². The highest BCUT2D eigenvalue weighted by molar-refractivity contribution is 6.30. The summed E-state index contributed by atoms with van der Waals surface area (Å²) >= 11 is 5.85. The summed E-state index contributed by atoms with van der Waals surface area (Å²) in [6.45, 7) is 0. The molecule has 0 aromatic heterocycles.